The van der Waals surface area contributed by atoms with E-state index in [0.717, 1.165) is 4.31 Å². The molecule has 0 saturated heterocycles. The number of rotatable bonds is 10. The van der Waals surface area contributed by atoms with Gasteiger partial charge in [-0.3, -0.25) is 13.9 Å². The molecular weight excluding hydrogens is 557 g/mol. The van der Waals surface area contributed by atoms with E-state index in [4.69, 9.17) is 34.8 Å². The van der Waals surface area contributed by atoms with Crippen LogP contribution in [0.5, 0.6) is 0 Å². The summed E-state index contributed by atoms with van der Waals surface area (Å²) in [6.45, 7) is 3.21. The van der Waals surface area contributed by atoms with E-state index < -0.39 is 28.5 Å². The first-order valence-electron chi connectivity index (χ1n) is 11.4. The topological polar surface area (TPSA) is 86.8 Å². The minimum absolute atomic E-state index is 0.0437. The molecule has 0 radical (unpaired) electrons. The van der Waals surface area contributed by atoms with E-state index in [1.54, 1.807) is 56.3 Å². The molecule has 196 valence electrons. The molecule has 37 heavy (non-hydrogen) atoms. The highest BCUT2D eigenvalue weighted by Gasteiger charge is 2.32. The Bertz CT molecular complexity index is 1370. The van der Waals surface area contributed by atoms with Gasteiger partial charge in [0.05, 0.1) is 10.6 Å². The molecule has 0 aliphatic heterocycles. The number of benzene rings is 3. The van der Waals surface area contributed by atoms with E-state index in [-0.39, 0.29) is 23.0 Å². The molecule has 2 amide bonds. The van der Waals surface area contributed by atoms with E-state index in [1.807, 2.05) is 0 Å². The summed E-state index contributed by atoms with van der Waals surface area (Å²) in [6, 6.07) is 17.8. The Kier molecular flexibility index (Phi) is 9.84. The summed E-state index contributed by atoms with van der Waals surface area (Å²) in [5.41, 5.74) is 0.885. The van der Waals surface area contributed by atoms with Gasteiger partial charge in [0.15, 0.2) is 0 Å². The van der Waals surface area contributed by atoms with Crippen molar-refractivity contribution in [2.24, 2.45) is 0 Å². The largest absolute Gasteiger partial charge is 0.355 e. The van der Waals surface area contributed by atoms with E-state index in [9.17, 15) is 18.0 Å². The molecule has 0 fully saturated rings. The highest BCUT2D eigenvalue weighted by molar-refractivity contribution is 7.92. The minimum atomic E-state index is -4.21. The van der Waals surface area contributed by atoms with Gasteiger partial charge in [0.2, 0.25) is 11.8 Å². The second kappa shape index (κ2) is 12.6. The standard InChI is InChI=1S/C26H26Cl3N3O4S/c1-3-30-26(34)18(2)31(16-19-6-4-7-21(28)14-19)25(33)17-32(23-9-5-8-22(29)15-23)37(35,36)24-12-10-20(27)11-13-24/h4-15,18H,3,16-17H2,1-2H3,(H,30,34)/t18-/m0/s1. The number of carbonyl (C=O) groups is 2. The lowest BCUT2D eigenvalue weighted by atomic mass is 10.1. The molecule has 0 aliphatic carbocycles. The van der Waals surface area contributed by atoms with Crippen molar-refractivity contribution in [1.82, 2.24) is 10.2 Å². The molecule has 0 bridgehead atoms. The molecule has 3 rings (SSSR count). The van der Waals surface area contributed by atoms with Crippen LogP contribution in [0.15, 0.2) is 77.7 Å². The summed E-state index contributed by atoms with van der Waals surface area (Å²) in [5, 5.41) is 3.85. The molecule has 1 N–H and O–H groups in total. The Morgan fingerprint density at radius 3 is 2.11 bits per heavy atom. The van der Waals surface area contributed by atoms with Crippen molar-refractivity contribution in [3.8, 4) is 0 Å². The molecule has 3 aromatic rings. The maximum absolute atomic E-state index is 13.7. The molecule has 0 spiro atoms. The Labute approximate surface area is 232 Å². The number of hydrogen-bond acceptors (Lipinski definition) is 4. The van der Waals surface area contributed by atoms with Crippen LogP contribution in [0.4, 0.5) is 5.69 Å². The third kappa shape index (κ3) is 7.38. The van der Waals surface area contributed by atoms with Crippen LogP contribution in [0.2, 0.25) is 15.1 Å². The first-order valence-corrected chi connectivity index (χ1v) is 14.0. The number of hydrogen-bond donors (Lipinski definition) is 1. The fourth-order valence-corrected chi connectivity index (χ4v) is 5.56. The van der Waals surface area contributed by atoms with Crippen molar-refractivity contribution < 1.29 is 18.0 Å². The Morgan fingerprint density at radius 2 is 1.51 bits per heavy atom. The zero-order valence-electron chi connectivity index (χ0n) is 20.2. The van der Waals surface area contributed by atoms with Crippen LogP contribution in [-0.4, -0.2) is 44.3 Å². The van der Waals surface area contributed by atoms with Gasteiger partial charge in [-0.25, -0.2) is 8.42 Å². The van der Waals surface area contributed by atoms with Gasteiger partial charge in [-0.05, 0) is 74.0 Å². The Morgan fingerprint density at radius 1 is 0.892 bits per heavy atom. The number of halogens is 3. The summed E-state index contributed by atoms with van der Waals surface area (Å²) in [6.07, 6.45) is 0. The maximum atomic E-state index is 13.7. The van der Waals surface area contributed by atoms with Crippen LogP contribution >= 0.6 is 34.8 Å². The molecular formula is C26H26Cl3N3O4S. The maximum Gasteiger partial charge on any atom is 0.264 e. The fraction of sp³-hybridized carbons (Fsp3) is 0.231. The number of likely N-dealkylation sites (N-methyl/N-ethyl adjacent to an activating group) is 1. The Hall–Kier alpha value is -2.78. The van der Waals surface area contributed by atoms with Gasteiger partial charge in [-0.1, -0.05) is 53.0 Å². The van der Waals surface area contributed by atoms with Gasteiger partial charge >= 0.3 is 0 Å². The monoisotopic (exact) mass is 581 g/mol. The van der Waals surface area contributed by atoms with E-state index in [0.29, 0.717) is 27.2 Å². The third-order valence-corrected chi connectivity index (χ3v) is 8.05. The molecule has 3 aromatic carbocycles. The van der Waals surface area contributed by atoms with E-state index in [1.165, 1.54) is 35.2 Å². The number of amides is 2. The normalized spacial score (nSPS) is 12.0. The zero-order chi connectivity index (χ0) is 27.2. The van der Waals surface area contributed by atoms with Crippen LogP contribution in [0.25, 0.3) is 0 Å². The average Bonchev–Trinajstić information content (AvgIpc) is 2.85. The number of nitrogens with zero attached hydrogens (tertiary/aromatic N) is 2. The molecule has 1 atom stereocenters. The fourth-order valence-electron chi connectivity index (χ4n) is 3.63. The van der Waals surface area contributed by atoms with Crippen molar-refractivity contribution >= 4 is 62.3 Å². The van der Waals surface area contributed by atoms with Crippen LogP contribution in [0, 0.1) is 0 Å². The summed E-state index contributed by atoms with van der Waals surface area (Å²) in [4.78, 5) is 27.7. The molecule has 0 unspecified atom stereocenters. The molecule has 0 heterocycles. The Balaban J connectivity index is 2.03. The SMILES string of the molecule is CCNC(=O)[C@H](C)N(Cc1cccc(Cl)c1)C(=O)CN(c1cccc(Cl)c1)S(=O)(=O)c1ccc(Cl)cc1. The molecule has 0 saturated carbocycles. The van der Waals surface area contributed by atoms with Crippen LogP contribution in [0.1, 0.15) is 19.4 Å². The summed E-state index contributed by atoms with van der Waals surface area (Å²) in [5.74, 6) is -0.955. The lowest BCUT2D eigenvalue weighted by Gasteiger charge is -2.32. The van der Waals surface area contributed by atoms with E-state index in [2.05, 4.69) is 5.32 Å². The van der Waals surface area contributed by atoms with E-state index >= 15 is 0 Å². The van der Waals surface area contributed by atoms with Gasteiger partial charge in [0.1, 0.15) is 12.6 Å². The predicted octanol–water partition coefficient (Wildman–Crippen LogP) is 5.40. The average molecular weight is 583 g/mol. The predicted molar refractivity (Wildman–Crippen MR) is 148 cm³/mol. The third-order valence-electron chi connectivity index (χ3n) is 5.54. The van der Waals surface area contributed by atoms with Crippen molar-refractivity contribution in [3.05, 3.63) is 93.4 Å². The quantitative estimate of drug-likeness (QED) is 0.347. The number of carbonyl (C=O) groups excluding carboxylic acids is 2. The van der Waals surface area contributed by atoms with Crippen LogP contribution in [-0.2, 0) is 26.2 Å². The molecule has 0 aliphatic rings. The van der Waals surface area contributed by atoms with Crippen molar-refractivity contribution in [3.63, 3.8) is 0 Å². The first kappa shape index (κ1) is 28.8. The van der Waals surface area contributed by atoms with Gasteiger partial charge < -0.3 is 10.2 Å². The number of anilines is 1. The second-order valence-corrected chi connectivity index (χ2v) is 11.3. The number of sulfonamides is 1. The van der Waals surface area contributed by atoms with Gasteiger partial charge in [-0.2, -0.15) is 0 Å². The lowest BCUT2D eigenvalue weighted by Crippen LogP contribution is -2.51. The zero-order valence-corrected chi connectivity index (χ0v) is 23.3. The minimum Gasteiger partial charge on any atom is -0.355 e. The summed E-state index contributed by atoms with van der Waals surface area (Å²) < 4.78 is 28.4. The van der Waals surface area contributed by atoms with Crippen LogP contribution < -0.4 is 9.62 Å². The molecule has 0 aromatic heterocycles. The summed E-state index contributed by atoms with van der Waals surface area (Å²) >= 11 is 18.2. The molecule has 11 heteroatoms. The summed E-state index contributed by atoms with van der Waals surface area (Å²) in [7, 11) is -4.21. The van der Waals surface area contributed by atoms with Crippen molar-refractivity contribution in [1.29, 1.82) is 0 Å². The highest BCUT2D eigenvalue weighted by atomic mass is 35.5. The number of nitrogens with one attached hydrogen (secondary N) is 1. The highest BCUT2D eigenvalue weighted by Crippen LogP contribution is 2.27. The van der Waals surface area contributed by atoms with Crippen molar-refractivity contribution in [2.75, 3.05) is 17.4 Å². The van der Waals surface area contributed by atoms with Gasteiger partial charge in [-0.15, -0.1) is 0 Å². The first-order chi connectivity index (χ1) is 17.5. The van der Waals surface area contributed by atoms with Gasteiger partial charge in [0.25, 0.3) is 10.0 Å². The lowest BCUT2D eigenvalue weighted by molar-refractivity contribution is -0.139. The van der Waals surface area contributed by atoms with Gasteiger partial charge in [0, 0.05) is 28.2 Å². The second-order valence-electron chi connectivity index (χ2n) is 8.17. The van der Waals surface area contributed by atoms with Crippen molar-refractivity contribution in [2.45, 2.75) is 31.3 Å². The molecule has 7 nitrogen and oxygen atoms in total. The van der Waals surface area contributed by atoms with Crippen LogP contribution in [0.3, 0.4) is 0 Å². The smallest absolute Gasteiger partial charge is 0.264 e.